The van der Waals surface area contributed by atoms with Crippen LogP contribution in [0.1, 0.15) is 47.6 Å². The van der Waals surface area contributed by atoms with Gasteiger partial charge in [0, 0.05) is 37.3 Å². The zero-order chi connectivity index (χ0) is 22.5. The van der Waals surface area contributed by atoms with E-state index in [-0.39, 0.29) is 5.91 Å². The summed E-state index contributed by atoms with van der Waals surface area (Å²) >= 11 is 1.72. The average Bonchev–Trinajstić information content (AvgIpc) is 3.57. The fraction of sp³-hybridized carbons (Fsp3) is 0.440. The largest absolute Gasteiger partial charge is 0.459 e. The van der Waals surface area contributed by atoms with E-state index in [1.165, 1.54) is 28.6 Å². The quantitative estimate of drug-likeness (QED) is 0.446. The van der Waals surface area contributed by atoms with Crippen molar-refractivity contribution in [2.24, 2.45) is 5.92 Å². The first-order valence-electron chi connectivity index (χ1n) is 11.8. The van der Waals surface area contributed by atoms with Gasteiger partial charge in [0.2, 0.25) is 0 Å². The number of furan rings is 1. The van der Waals surface area contributed by atoms with Gasteiger partial charge in [-0.15, -0.1) is 11.3 Å². The Morgan fingerprint density at radius 2 is 1.97 bits per heavy atom. The van der Waals surface area contributed by atoms with Gasteiger partial charge in [-0.1, -0.05) is 13.8 Å². The maximum Gasteiger partial charge on any atom is 0.289 e. The molecular formula is C25H27N5O2S. The van der Waals surface area contributed by atoms with Crippen LogP contribution in [-0.4, -0.2) is 51.9 Å². The number of piperazine rings is 1. The van der Waals surface area contributed by atoms with E-state index in [0.717, 1.165) is 53.2 Å². The number of amides is 1. The molecule has 1 fully saturated rings. The van der Waals surface area contributed by atoms with Gasteiger partial charge in [0.1, 0.15) is 17.0 Å². The van der Waals surface area contributed by atoms with Gasteiger partial charge in [-0.05, 0) is 54.9 Å². The number of pyridine rings is 1. The monoisotopic (exact) mass is 461 g/mol. The molecule has 0 N–H and O–H groups in total. The average molecular weight is 462 g/mol. The van der Waals surface area contributed by atoms with Crippen molar-refractivity contribution >= 4 is 43.5 Å². The number of carbonyl (C=O) groups excluding carboxylic acids is 1. The van der Waals surface area contributed by atoms with E-state index in [1.54, 1.807) is 36.1 Å². The fourth-order valence-electron chi connectivity index (χ4n) is 5.22. The van der Waals surface area contributed by atoms with Crippen LogP contribution in [0.3, 0.4) is 0 Å². The Bertz CT molecular complexity index is 1340. The SMILES string of the molecule is CC(C)Cc1nc2sc3c(N4CCN(C(=O)c5ccco5)CC4)ncnc3c2c2c1CCC2. The van der Waals surface area contributed by atoms with Crippen LogP contribution in [0.25, 0.3) is 20.4 Å². The van der Waals surface area contributed by atoms with E-state index in [2.05, 4.69) is 23.7 Å². The lowest BCUT2D eigenvalue weighted by Gasteiger charge is -2.35. The van der Waals surface area contributed by atoms with Crippen molar-refractivity contribution in [2.45, 2.75) is 39.5 Å². The zero-order valence-electron chi connectivity index (χ0n) is 19.0. The molecule has 1 aliphatic heterocycles. The standard InChI is InChI=1S/C25H27N5O2S/c1-15(2)13-18-16-5-3-6-17(16)20-21-22(33-24(20)28-18)23(27-14-26-21)29-8-10-30(11-9-29)25(31)19-7-4-12-32-19/h4,7,12,14-15H,3,5-6,8-11,13H2,1-2H3. The second-order valence-electron chi connectivity index (χ2n) is 9.38. The fourth-order valence-corrected chi connectivity index (χ4v) is 6.42. The summed E-state index contributed by atoms with van der Waals surface area (Å²) in [5.74, 6) is 1.90. The Kier molecular flexibility index (Phi) is 5.05. The molecule has 0 bridgehead atoms. The second-order valence-corrected chi connectivity index (χ2v) is 10.4. The Morgan fingerprint density at radius 1 is 1.15 bits per heavy atom. The molecule has 170 valence electrons. The van der Waals surface area contributed by atoms with Crippen molar-refractivity contribution in [3.8, 4) is 0 Å². The number of thiophene rings is 1. The van der Waals surface area contributed by atoms with Gasteiger partial charge in [-0.2, -0.15) is 0 Å². The topological polar surface area (TPSA) is 75.4 Å². The summed E-state index contributed by atoms with van der Waals surface area (Å²) in [5.41, 5.74) is 5.23. The molecule has 7 nitrogen and oxygen atoms in total. The minimum atomic E-state index is -0.0493. The second kappa shape index (κ2) is 8.09. The highest BCUT2D eigenvalue weighted by Gasteiger charge is 2.28. The summed E-state index contributed by atoms with van der Waals surface area (Å²) in [4.78, 5) is 32.4. The van der Waals surface area contributed by atoms with Crippen LogP contribution >= 0.6 is 11.3 Å². The molecular weight excluding hydrogens is 434 g/mol. The van der Waals surface area contributed by atoms with Gasteiger partial charge < -0.3 is 14.2 Å². The molecule has 2 aliphatic rings. The predicted molar refractivity (Wildman–Crippen MR) is 130 cm³/mol. The molecule has 8 heteroatoms. The molecule has 1 amide bonds. The summed E-state index contributed by atoms with van der Waals surface area (Å²) in [5, 5.41) is 1.24. The summed E-state index contributed by atoms with van der Waals surface area (Å²) < 4.78 is 6.40. The number of nitrogens with zero attached hydrogens (tertiary/aromatic N) is 5. The molecule has 0 saturated carbocycles. The molecule has 0 radical (unpaired) electrons. The molecule has 4 aromatic rings. The highest BCUT2D eigenvalue weighted by molar-refractivity contribution is 7.26. The highest BCUT2D eigenvalue weighted by atomic mass is 32.1. The number of carbonyl (C=O) groups is 1. The third kappa shape index (κ3) is 3.47. The number of aromatic nitrogens is 3. The minimum absolute atomic E-state index is 0.0493. The van der Waals surface area contributed by atoms with Crippen LogP contribution in [0.2, 0.25) is 0 Å². The van der Waals surface area contributed by atoms with Crippen molar-refractivity contribution in [3.63, 3.8) is 0 Å². The Hall–Kier alpha value is -3.00. The van der Waals surface area contributed by atoms with Crippen LogP contribution in [0.4, 0.5) is 5.82 Å². The molecule has 0 spiro atoms. The molecule has 6 rings (SSSR count). The highest BCUT2D eigenvalue weighted by Crippen LogP contribution is 2.42. The molecule has 0 unspecified atom stereocenters. The first-order chi connectivity index (χ1) is 16.1. The molecule has 1 aliphatic carbocycles. The summed E-state index contributed by atoms with van der Waals surface area (Å²) in [6, 6.07) is 3.47. The maximum absolute atomic E-state index is 12.6. The van der Waals surface area contributed by atoms with Crippen LogP contribution in [0.15, 0.2) is 29.1 Å². The molecule has 4 aromatic heterocycles. The van der Waals surface area contributed by atoms with Crippen molar-refractivity contribution in [3.05, 3.63) is 47.3 Å². The number of rotatable bonds is 4. The first kappa shape index (κ1) is 20.6. The van der Waals surface area contributed by atoms with E-state index in [9.17, 15) is 4.79 Å². The molecule has 33 heavy (non-hydrogen) atoms. The lowest BCUT2D eigenvalue weighted by molar-refractivity contribution is 0.0714. The third-order valence-electron chi connectivity index (χ3n) is 6.74. The number of hydrogen-bond donors (Lipinski definition) is 0. The van der Waals surface area contributed by atoms with Crippen LogP contribution < -0.4 is 4.90 Å². The van der Waals surface area contributed by atoms with Crippen LogP contribution in [-0.2, 0) is 19.3 Å². The summed E-state index contributed by atoms with van der Waals surface area (Å²) in [6.45, 7) is 7.27. The van der Waals surface area contributed by atoms with E-state index < -0.39 is 0 Å². The van der Waals surface area contributed by atoms with Crippen molar-refractivity contribution in [1.82, 2.24) is 19.9 Å². The molecule has 5 heterocycles. The molecule has 1 saturated heterocycles. The normalized spacial score (nSPS) is 16.3. The van der Waals surface area contributed by atoms with Crippen molar-refractivity contribution < 1.29 is 9.21 Å². The maximum atomic E-state index is 12.6. The van der Waals surface area contributed by atoms with Gasteiger partial charge in [-0.3, -0.25) is 4.79 Å². The van der Waals surface area contributed by atoms with Crippen molar-refractivity contribution in [2.75, 3.05) is 31.1 Å². The third-order valence-corrected chi connectivity index (χ3v) is 7.81. The Labute approximate surface area is 196 Å². The van der Waals surface area contributed by atoms with Gasteiger partial charge >= 0.3 is 0 Å². The van der Waals surface area contributed by atoms with Crippen LogP contribution in [0, 0.1) is 5.92 Å². The number of fused-ring (bicyclic) bond motifs is 5. The van der Waals surface area contributed by atoms with Gasteiger partial charge in [0.25, 0.3) is 5.91 Å². The zero-order valence-corrected chi connectivity index (χ0v) is 19.8. The Morgan fingerprint density at radius 3 is 2.73 bits per heavy atom. The van der Waals surface area contributed by atoms with E-state index in [1.807, 2.05) is 4.90 Å². The lowest BCUT2D eigenvalue weighted by Crippen LogP contribution is -2.49. The summed E-state index contributed by atoms with van der Waals surface area (Å²) in [7, 11) is 0. The predicted octanol–water partition coefficient (Wildman–Crippen LogP) is 4.48. The molecule has 0 atom stereocenters. The van der Waals surface area contributed by atoms with Gasteiger partial charge in [0.15, 0.2) is 5.76 Å². The smallest absolute Gasteiger partial charge is 0.289 e. The van der Waals surface area contributed by atoms with E-state index in [4.69, 9.17) is 14.4 Å². The number of aryl methyl sites for hydroxylation is 1. The number of hydrogen-bond acceptors (Lipinski definition) is 7. The minimum Gasteiger partial charge on any atom is -0.459 e. The lowest BCUT2D eigenvalue weighted by atomic mass is 9.99. The van der Waals surface area contributed by atoms with Crippen molar-refractivity contribution in [1.29, 1.82) is 0 Å². The van der Waals surface area contributed by atoms with Crippen LogP contribution in [0.5, 0.6) is 0 Å². The Balaban J connectivity index is 1.35. The van der Waals surface area contributed by atoms with E-state index >= 15 is 0 Å². The number of anilines is 1. The van der Waals surface area contributed by atoms with Gasteiger partial charge in [-0.25, -0.2) is 15.0 Å². The van der Waals surface area contributed by atoms with Gasteiger partial charge in [0.05, 0.1) is 16.5 Å². The molecule has 0 aromatic carbocycles. The van der Waals surface area contributed by atoms with E-state index in [0.29, 0.717) is 24.8 Å². The first-order valence-corrected chi connectivity index (χ1v) is 12.6. The summed E-state index contributed by atoms with van der Waals surface area (Å²) in [6.07, 6.45) is 7.69.